The summed E-state index contributed by atoms with van der Waals surface area (Å²) in [6.07, 6.45) is 5.90. The van der Waals surface area contributed by atoms with E-state index in [1.165, 1.54) is 45.3 Å². The summed E-state index contributed by atoms with van der Waals surface area (Å²) < 4.78 is 0. The fourth-order valence-electron chi connectivity index (χ4n) is 2.19. The third-order valence-corrected chi connectivity index (χ3v) is 3.17. The monoisotopic (exact) mass is 153 g/mol. The number of hydrogen-bond acceptors (Lipinski definition) is 1. The van der Waals surface area contributed by atoms with Gasteiger partial charge >= 0.3 is 0 Å². The normalized spacial score (nSPS) is 29.2. The van der Waals surface area contributed by atoms with Crippen LogP contribution in [0.15, 0.2) is 0 Å². The van der Waals surface area contributed by atoms with Crippen molar-refractivity contribution >= 4 is 0 Å². The van der Waals surface area contributed by atoms with E-state index in [2.05, 4.69) is 11.8 Å². The van der Waals surface area contributed by atoms with E-state index in [4.69, 9.17) is 0 Å². The molecule has 1 heterocycles. The molecule has 0 bridgehead atoms. The molecule has 1 nitrogen and oxygen atoms in total. The second-order valence-electron chi connectivity index (χ2n) is 4.32. The Hall–Kier alpha value is -0.0400. The minimum absolute atomic E-state index is 0.980. The van der Waals surface area contributed by atoms with Crippen LogP contribution in [0.1, 0.15) is 32.6 Å². The zero-order valence-corrected chi connectivity index (χ0v) is 7.55. The first kappa shape index (κ1) is 7.60. The number of hydrogen-bond donors (Lipinski definition) is 0. The van der Waals surface area contributed by atoms with E-state index in [1.807, 2.05) is 0 Å². The summed E-state index contributed by atoms with van der Waals surface area (Å²) in [5.74, 6) is 2.07. The first-order valence-corrected chi connectivity index (χ1v) is 5.08. The molecule has 1 saturated heterocycles. The highest BCUT2D eigenvalue weighted by Gasteiger charge is 2.29. The van der Waals surface area contributed by atoms with Crippen molar-refractivity contribution in [3.63, 3.8) is 0 Å². The Balaban J connectivity index is 1.70. The maximum Gasteiger partial charge on any atom is 0.000966 e. The minimum atomic E-state index is 0.980. The van der Waals surface area contributed by atoms with Gasteiger partial charge in [0.15, 0.2) is 0 Å². The molecule has 1 aliphatic carbocycles. The Morgan fingerprint density at radius 2 is 1.91 bits per heavy atom. The van der Waals surface area contributed by atoms with Crippen LogP contribution in [0.2, 0.25) is 0 Å². The van der Waals surface area contributed by atoms with Crippen molar-refractivity contribution in [2.45, 2.75) is 32.6 Å². The molecule has 0 aromatic heterocycles. The molecule has 0 aromatic rings. The molecule has 1 atom stereocenters. The lowest BCUT2D eigenvalue weighted by atomic mass is 10.1. The van der Waals surface area contributed by atoms with Crippen LogP contribution in [0.5, 0.6) is 0 Å². The smallest absolute Gasteiger partial charge is 0.000966 e. The van der Waals surface area contributed by atoms with Crippen LogP contribution in [-0.2, 0) is 0 Å². The van der Waals surface area contributed by atoms with E-state index in [1.54, 1.807) is 0 Å². The second kappa shape index (κ2) is 3.14. The Labute approximate surface area is 69.8 Å². The van der Waals surface area contributed by atoms with Crippen molar-refractivity contribution in [1.82, 2.24) is 4.90 Å². The van der Waals surface area contributed by atoms with Gasteiger partial charge < -0.3 is 4.90 Å². The lowest BCUT2D eigenvalue weighted by molar-refractivity contribution is 0.272. The first-order chi connectivity index (χ1) is 5.36. The lowest BCUT2D eigenvalue weighted by Gasteiger charge is -2.19. The quantitative estimate of drug-likeness (QED) is 0.600. The molecule has 64 valence electrons. The van der Waals surface area contributed by atoms with E-state index >= 15 is 0 Å². The SMILES string of the molecule is C[C@H](CN1CCCC1)C1CC1. The summed E-state index contributed by atoms with van der Waals surface area (Å²) in [5, 5.41) is 0. The predicted octanol–water partition coefficient (Wildman–Crippen LogP) is 2.13. The van der Waals surface area contributed by atoms with Gasteiger partial charge in [0, 0.05) is 6.54 Å². The molecule has 2 rings (SSSR count). The van der Waals surface area contributed by atoms with Gasteiger partial charge in [0.1, 0.15) is 0 Å². The molecular formula is C10H19N. The van der Waals surface area contributed by atoms with Gasteiger partial charge in [0.2, 0.25) is 0 Å². The standard InChI is InChI=1S/C10H19N/c1-9(10-4-5-10)8-11-6-2-3-7-11/h9-10H,2-8H2,1H3/t9-/m1/s1. The fraction of sp³-hybridized carbons (Fsp3) is 1.00. The summed E-state index contributed by atoms with van der Waals surface area (Å²) in [4.78, 5) is 2.64. The molecule has 1 saturated carbocycles. The summed E-state index contributed by atoms with van der Waals surface area (Å²) in [6.45, 7) is 6.55. The molecule has 2 fully saturated rings. The van der Waals surface area contributed by atoms with E-state index < -0.39 is 0 Å². The van der Waals surface area contributed by atoms with Crippen LogP contribution in [0.4, 0.5) is 0 Å². The molecule has 11 heavy (non-hydrogen) atoms. The van der Waals surface area contributed by atoms with Gasteiger partial charge in [-0.3, -0.25) is 0 Å². The van der Waals surface area contributed by atoms with E-state index in [0.29, 0.717) is 0 Å². The molecule has 0 N–H and O–H groups in total. The summed E-state index contributed by atoms with van der Waals surface area (Å²) in [6, 6.07) is 0. The third-order valence-electron chi connectivity index (χ3n) is 3.17. The Kier molecular flexibility index (Phi) is 2.17. The largest absolute Gasteiger partial charge is 0.303 e. The van der Waals surface area contributed by atoms with Crippen molar-refractivity contribution in [2.75, 3.05) is 19.6 Å². The third kappa shape index (κ3) is 1.96. The number of nitrogens with zero attached hydrogens (tertiary/aromatic N) is 1. The second-order valence-corrected chi connectivity index (χ2v) is 4.32. The molecule has 0 aromatic carbocycles. The molecule has 0 unspecified atom stereocenters. The van der Waals surface area contributed by atoms with Crippen molar-refractivity contribution in [1.29, 1.82) is 0 Å². The predicted molar refractivity (Wildman–Crippen MR) is 47.6 cm³/mol. The lowest BCUT2D eigenvalue weighted by Crippen LogP contribution is -2.26. The Morgan fingerprint density at radius 1 is 1.27 bits per heavy atom. The molecule has 0 amide bonds. The Morgan fingerprint density at radius 3 is 2.45 bits per heavy atom. The molecule has 2 aliphatic rings. The van der Waals surface area contributed by atoms with Crippen molar-refractivity contribution in [2.24, 2.45) is 11.8 Å². The molecule has 1 aliphatic heterocycles. The molecule has 0 radical (unpaired) electrons. The van der Waals surface area contributed by atoms with E-state index in [-0.39, 0.29) is 0 Å². The average molecular weight is 153 g/mol. The highest BCUT2D eigenvalue weighted by molar-refractivity contribution is 4.81. The van der Waals surface area contributed by atoms with Crippen LogP contribution in [0.25, 0.3) is 0 Å². The molecule has 1 heteroatoms. The maximum atomic E-state index is 2.64. The summed E-state index contributed by atoms with van der Waals surface area (Å²) >= 11 is 0. The van der Waals surface area contributed by atoms with Crippen LogP contribution < -0.4 is 0 Å². The van der Waals surface area contributed by atoms with Gasteiger partial charge in [0.05, 0.1) is 0 Å². The van der Waals surface area contributed by atoms with Gasteiger partial charge in [-0.05, 0) is 50.6 Å². The Bertz CT molecular complexity index is 123. The first-order valence-electron chi connectivity index (χ1n) is 5.08. The molecule has 0 spiro atoms. The number of rotatable bonds is 3. The van der Waals surface area contributed by atoms with Crippen LogP contribution in [0.3, 0.4) is 0 Å². The zero-order chi connectivity index (χ0) is 7.68. The van der Waals surface area contributed by atoms with Crippen molar-refractivity contribution in [3.8, 4) is 0 Å². The minimum Gasteiger partial charge on any atom is -0.303 e. The average Bonchev–Trinajstić information content (AvgIpc) is 2.73. The van der Waals surface area contributed by atoms with E-state index in [9.17, 15) is 0 Å². The summed E-state index contributed by atoms with van der Waals surface area (Å²) in [5.41, 5.74) is 0. The van der Waals surface area contributed by atoms with Crippen LogP contribution in [0, 0.1) is 11.8 Å². The van der Waals surface area contributed by atoms with Crippen molar-refractivity contribution in [3.05, 3.63) is 0 Å². The van der Waals surface area contributed by atoms with Gasteiger partial charge in [-0.2, -0.15) is 0 Å². The maximum absolute atomic E-state index is 2.64. The summed E-state index contributed by atoms with van der Waals surface area (Å²) in [7, 11) is 0. The topological polar surface area (TPSA) is 3.24 Å². The van der Waals surface area contributed by atoms with E-state index in [0.717, 1.165) is 11.8 Å². The van der Waals surface area contributed by atoms with Crippen LogP contribution in [-0.4, -0.2) is 24.5 Å². The van der Waals surface area contributed by atoms with Gasteiger partial charge in [-0.25, -0.2) is 0 Å². The molecular weight excluding hydrogens is 134 g/mol. The van der Waals surface area contributed by atoms with Gasteiger partial charge in [0.25, 0.3) is 0 Å². The van der Waals surface area contributed by atoms with Crippen molar-refractivity contribution < 1.29 is 0 Å². The van der Waals surface area contributed by atoms with Gasteiger partial charge in [-0.15, -0.1) is 0 Å². The number of likely N-dealkylation sites (tertiary alicyclic amines) is 1. The van der Waals surface area contributed by atoms with Gasteiger partial charge in [-0.1, -0.05) is 6.92 Å². The highest BCUT2D eigenvalue weighted by Crippen LogP contribution is 2.37. The zero-order valence-electron chi connectivity index (χ0n) is 7.55. The fourth-order valence-corrected chi connectivity index (χ4v) is 2.19. The highest BCUT2D eigenvalue weighted by atomic mass is 15.1. The van der Waals surface area contributed by atoms with Crippen LogP contribution >= 0.6 is 0 Å².